The van der Waals surface area contributed by atoms with Gasteiger partial charge in [-0.1, -0.05) is 0 Å². The highest BCUT2D eigenvalue weighted by molar-refractivity contribution is 5.85. The minimum atomic E-state index is -4.68. The molecule has 158 valence electrons. The maximum Gasteiger partial charge on any atom is 0.417 e. The van der Waals surface area contributed by atoms with Crippen LogP contribution < -0.4 is 25.8 Å². The van der Waals surface area contributed by atoms with Gasteiger partial charge in [-0.2, -0.15) is 18.4 Å². The van der Waals surface area contributed by atoms with E-state index in [-0.39, 0.29) is 5.69 Å². The number of benzene rings is 2. The zero-order valence-electron chi connectivity index (χ0n) is 16.0. The van der Waals surface area contributed by atoms with Crippen LogP contribution >= 0.6 is 0 Å². The highest BCUT2D eigenvalue weighted by Crippen LogP contribution is 2.42. The van der Waals surface area contributed by atoms with Crippen molar-refractivity contribution in [2.45, 2.75) is 19.1 Å². The van der Waals surface area contributed by atoms with E-state index in [0.717, 1.165) is 23.4 Å². The van der Waals surface area contributed by atoms with Crippen LogP contribution in [0.3, 0.4) is 0 Å². The summed E-state index contributed by atoms with van der Waals surface area (Å²) in [4.78, 5) is 11.9. The lowest BCUT2D eigenvalue weighted by Crippen LogP contribution is -2.51. The molecule has 2 aromatic carbocycles. The van der Waals surface area contributed by atoms with Crippen molar-refractivity contribution in [1.82, 2.24) is 5.48 Å². The second-order valence-electron chi connectivity index (χ2n) is 7.08. The van der Waals surface area contributed by atoms with Gasteiger partial charge in [-0.25, -0.2) is 15.3 Å². The lowest BCUT2D eigenvalue weighted by atomic mass is 10.1. The van der Waals surface area contributed by atoms with Crippen LogP contribution in [0.25, 0.3) is 0 Å². The van der Waals surface area contributed by atoms with Crippen LogP contribution in [-0.2, 0) is 11.0 Å². The van der Waals surface area contributed by atoms with E-state index in [1.807, 2.05) is 13.0 Å². The van der Waals surface area contributed by atoms with Gasteiger partial charge in [0.25, 0.3) is 0 Å². The number of rotatable bonds is 3. The standard InChI is InChI=1S/C20H15F3N6O2/c1-11-9-26-20(27-13-3-2-12(8-24)15(6-13)19(21,22)23)29(18(11)28-31-20)14-4-5-17-16(7-14)25-10-30-17/h2-7,9,25,27-28H,10H2,1H3. The fourth-order valence-corrected chi connectivity index (χ4v) is 3.62. The highest BCUT2D eigenvalue weighted by Gasteiger charge is 2.50. The normalized spacial score (nSPS) is 21.2. The van der Waals surface area contributed by atoms with Gasteiger partial charge in [-0.05, 0) is 43.3 Å². The second-order valence-corrected chi connectivity index (χ2v) is 7.08. The van der Waals surface area contributed by atoms with E-state index in [2.05, 4.69) is 21.1 Å². The number of anilines is 3. The summed E-state index contributed by atoms with van der Waals surface area (Å²) in [6.45, 7) is 2.18. The van der Waals surface area contributed by atoms with Gasteiger partial charge in [0.05, 0.1) is 28.6 Å². The molecule has 5 rings (SSSR count). The predicted octanol–water partition coefficient (Wildman–Crippen LogP) is 3.72. The van der Waals surface area contributed by atoms with E-state index in [0.29, 0.717) is 24.0 Å². The summed E-state index contributed by atoms with van der Waals surface area (Å²) in [6.07, 6.45) is -3.11. The minimum absolute atomic E-state index is 0.0821. The molecular weight excluding hydrogens is 413 g/mol. The van der Waals surface area contributed by atoms with E-state index in [4.69, 9.17) is 14.8 Å². The Morgan fingerprint density at radius 1 is 1.26 bits per heavy atom. The van der Waals surface area contributed by atoms with Crippen molar-refractivity contribution in [3.8, 4) is 11.8 Å². The smallest absolute Gasteiger partial charge is 0.417 e. The molecule has 0 spiro atoms. The van der Waals surface area contributed by atoms with E-state index in [1.54, 1.807) is 29.3 Å². The molecule has 2 bridgehead atoms. The van der Waals surface area contributed by atoms with Crippen LogP contribution in [0.1, 0.15) is 18.1 Å². The van der Waals surface area contributed by atoms with Gasteiger partial charge in [-0.15, -0.1) is 0 Å². The molecule has 1 fully saturated rings. The average molecular weight is 428 g/mol. The Hall–Kier alpha value is -3.91. The molecule has 1 atom stereocenters. The third-order valence-electron chi connectivity index (χ3n) is 5.09. The first-order chi connectivity index (χ1) is 14.8. The van der Waals surface area contributed by atoms with Crippen molar-refractivity contribution in [1.29, 1.82) is 5.26 Å². The van der Waals surface area contributed by atoms with Crippen molar-refractivity contribution in [3.63, 3.8) is 0 Å². The van der Waals surface area contributed by atoms with Crippen molar-refractivity contribution in [3.05, 3.63) is 58.9 Å². The first-order valence-electron chi connectivity index (χ1n) is 9.21. The van der Waals surface area contributed by atoms with Crippen LogP contribution in [-0.4, -0.2) is 18.9 Å². The van der Waals surface area contributed by atoms with Gasteiger partial charge in [0.1, 0.15) is 11.6 Å². The Morgan fingerprint density at radius 3 is 2.87 bits per heavy atom. The van der Waals surface area contributed by atoms with E-state index >= 15 is 0 Å². The number of nitriles is 1. The van der Waals surface area contributed by atoms with Crippen LogP contribution in [0.4, 0.5) is 30.2 Å². The van der Waals surface area contributed by atoms with Crippen molar-refractivity contribution in [2.24, 2.45) is 4.99 Å². The lowest BCUT2D eigenvalue weighted by molar-refractivity contribution is -0.137. The Balaban J connectivity index is 1.57. The summed E-state index contributed by atoms with van der Waals surface area (Å²) in [7, 11) is 0. The molecule has 0 amide bonds. The molecular formula is C20H15F3N6O2. The summed E-state index contributed by atoms with van der Waals surface area (Å²) in [5, 5.41) is 15.1. The molecule has 3 aliphatic heterocycles. The molecule has 0 saturated carbocycles. The molecule has 3 aliphatic rings. The summed E-state index contributed by atoms with van der Waals surface area (Å²) < 4.78 is 45.7. The van der Waals surface area contributed by atoms with Gasteiger partial charge in [-0.3, -0.25) is 4.90 Å². The molecule has 0 radical (unpaired) electrons. The second kappa shape index (κ2) is 6.55. The number of halogens is 3. The summed E-state index contributed by atoms with van der Waals surface area (Å²) >= 11 is 0. The number of ether oxygens (including phenoxy) is 1. The molecule has 1 unspecified atom stereocenters. The number of hydrogen-bond acceptors (Lipinski definition) is 8. The lowest BCUT2D eigenvalue weighted by Gasteiger charge is -2.36. The van der Waals surface area contributed by atoms with Gasteiger partial charge in [0.2, 0.25) is 0 Å². The number of allylic oxidation sites excluding steroid dienone is 1. The van der Waals surface area contributed by atoms with Gasteiger partial charge < -0.3 is 15.4 Å². The topological polar surface area (TPSA) is 93.9 Å². The Morgan fingerprint density at radius 2 is 2.10 bits per heavy atom. The summed E-state index contributed by atoms with van der Waals surface area (Å²) in [6, 6.07) is 10.3. The minimum Gasteiger partial charge on any atom is -0.471 e. The maximum atomic E-state index is 13.4. The monoisotopic (exact) mass is 428 g/mol. The number of fused-ring (bicyclic) bond motifs is 3. The maximum absolute atomic E-state index is 13.4. The zero-order chi connectivity index (χ0) is 21.8. The fraction of sp³-hybridized carbons (Fsp3) is 0.200. The average Bonchev–Trinajstić information content (AvgIpc) is 3.32. The molecule has 31 heavy (non-hydrogen) atoms. The van der Waals surface area contributed by atoms with Crippen LogP contribution in [0.2, 0.25) is 0 Å². The number of nitrogens with one attached hydrogen (secondary N) is 3. The molecule has 2 aromatic rings. The molecule has 11 heteroatoms. The molecule has 0 aliphatic carbocycles. The van der Waals surface area contributed by atoms with E-state index in [1.165, 1.54) is 6.07 Å². The fourth-order valence-electron chi connectivity index (χ4n) is 3.62. The number of aliphatic imine (C=N–C) groups is 1. The first-order valence-corrected chi connectivity index (χ1v) is 9.21. The number of hydrogen-bond donors (Lipinski definition) is 3. The molecule has 0 aromatic heterocycles. The third-order valence-corrected chi connectivity index (χ3v) is 5.09. The Labute approximate surface area is 174 Å². The Bertz CT molecular complexity index is 1190. The number of hydroxylamine groups is 1. The number of alkyl halides is 3. The van der Waals surface area contributed by atoms with E-state index < -0.39 is 23.3 Å². The summed E-state index contributed by atoms with van der Waals surface area (Å²) in [5.74, 6) is -0.286. The zero-order valence-corrected chi connectivity index (χ0v) is 16.0. The molecule has 3 N–H and O–H groups in total. The van der Waals surface area contributed by atoms with Crippen LogP contribution in [0.5, 0.6) is 5.75 Å². The van der Waals surface area contributed by atoms with Crippen molar-refractivity contribution in [2.75, 3.05) is 22.3 Å². The third kappa shape index (κ3) is 3.00. The molecule has 8 nitrogen and oxygen atoms in total. The van der Waals surface area contributed by atoms with Gasteiger partial charge >= 0.3 is 12.1 Å². The predicted molar refractivity (Wildman–Crippen MR) is 106 cm³/mol. The molecule has 1 saturated heterocycles. The highest BCUT2D eigenvalue weighted by atomic mass is 19.4. The van der Waals surface area contributed by atoms with Gasteiger partial charge in [0.15, 0.2) is 6.73 Å². The quantitative estimate of drug-likeness (QED) is 0.686. The van der Waals surface area contributed by atoms with Crippen molar-refractivity contribution < 1.29 is 22.7 Å². The van der Waals surface area contributed by atoms with Crippen LogP contribution in [0.15, 0.2) is 52.8 Å². The first kappa shape index (κ1) is 19.1. The van der Waals surface area contributed by atoms with Crippen LogP contribution in [0, 0.1) is 11.3 Å². The SMILES string of the molecule is CC1=C2NOC(Nc3ccc(C#N)c(C(F)(F)F)c3)(N=C1)N2c1ccc2c(c1)NCO2. The largest absolute Gasteiger partial charge is 0.471 e. The van der Waals surface area contributed by atoms with Gasteiger partial charge in [0, 0.05) is 17.5 Å². The summed E-state index contributed by atoms with van der Waals surface area (Å²) in [5.41, 5.74) is 3.60. The Kier molecular flexibility index (Phi) is 4.03. The number of nitrogens with zero attached hydrogens (tertiary/aromatic N) is 3. The van der Waals surface area contributed by atoms with Crippen molar-refractivity contribution >= 4 is 23.3 Å². The molecule has 3 heterocycles. The van der Waals surface area contributed by atoms with E-state index in [9.17, 15) is 13.2 Å².